The Morgan fingerprint density at radius 2 is 0.469 bits per heavy atom. The number of aliphatic hydroxyl groups is 1. The Balaban J connectivity index is 5.21. The van der Waals surface area contributed by atoms with E-state index in [1.807, 2.05) is 0 Å². The zero-order chi connectivity index (χ0) is 71.9. The van der Waals surface area contributed by atoms with E-state index < -0.39 is 97.5 Å². The highest BCUT2D eigenvalue weighted by atomic mass is 31.2. The van der Waals surface area contributed by atoms with Gasteiger partial charge in [0.25, 0.3) is 0 Å². The van der Waals surface area contributed by atoms with Gasteiger partial charge in [0.2, 0.25) is 0 Å². The summed E-state index contributed by atoms with van der Waals surface area (Å²) in [6.07, 6.45) is 62.3. The largest absolute Gasteiger partial charge is 0.472 e. The van der Waals surface area contributed by atoms with E-state index in [2.05, 4.69) is 34.6 Å². The van der Waals surface area contributed by atoms with Gasteiger partial charge in [-0.2, -0.15) is 0 Å². The molecule has 0 amide bonds. The zero-order valence-corrected chi connectivity index (χ0v) is 65.7. The summed E-state index contributed by atoms with van der Waals surface area (Å²) in [7, 11) is -9.91. The van der Waals surface area contributed by atoms with Crippen LogP contribution in [0.2, 0.25) is 0 Å². The molecule has 2 unspecified atom stereocenters. The molecule has 17 nitrogen and oxygen atoms in total. The Hall–Kier alpha value is -1.94. The van der Waals surface area contributed by atoms with Crippen molar-refractivity contribution in [3.8, 4) is 0 Å². The van der Waals surface area contributed by atoms with Gasteiger partial charge in [0, 0.05) is 25.7 Å². The van der Waals surface area contributed by atoms with E-state index in [1.165, 1.54) is 244 Å². The third-order valence-electron chi connectivity index (χ3n) is 18.5. The van der Waals surface area contributed by atoms with E-state index >= 15 is 0 Å². The van der Waals surface area contributed by atoms with Crippen LogP contribution in [-0.2, 0) is 65.4 Å². The summed E-state index contributed by atoms with van der Waals surface area (Å²) in [6, 6.07) is 0. The smallest absolute Gasteiger partial charge is 0.462 e. The van der Waals surface area contributed by atoms with Crippen molar-refractivity contribution in [1.82, 2.24) is 0 Å². The van der Waals surface area contributed by atoms with E-state index in [1.54, 1.807) is 0 Å². The van der Waals surface area contributed by atoms with Gasteiger partial charge in [-0.05, 0) is 31.6 Å². The Bertz CT molecular complexity index is 1870. The lowest BCUT2D eigenvalue weighted by Gasteiger charge is -2.21. The number of esters is 4. The van der Waals surface area contributed by atoms with Crippen molar-refractivity contribution in [3.63, 3.8) is 0 Å². The maximum Gasteiger partial charge on any atom is 0.472 e. The number of phosphoric acid groups is 2. The summed E-state index contributed by atoms with van der Waals surface area (Å²) in [5, 5.41) is 10.6. The van der Waals surface area contributed by atoms with Gasteiger partial charge in [-0.25, -0.2) is 9.13 Å². The van der Waals surface area contributed by atoms with Crippen LogP contribution in [0.15, 0.2) is 0 Å². The Labute approximate surface area is 600 Å². The van der Waals surface area contributed by atoms with Gasteiger partial charge in [-0.3, -0.25) is 37.3 Å². The van der Waals surface area contributed by atoms with Crippen LogP contribution in [0.4, 0.5) is 0 Å². The first-order chi connectivity index (χ1) is 47.5. The van der Waals surface area contributed by atoms with Crippen LogP contribution in [0.5, 0.6) is 0 Å². The second-order valence-electron chi connectivity index (χ2n) is 28.9. The Kier molecular flexibility index (Phi) is 70.6. The number of hydrogen-bond acceptors (Lipinski definition) is 15. The van der Waals surface area contributed by atoms with E-state index in [0.717, 1.165) is 95.8 Å². The molecule has 5 atom stereocenters. The molecule has 0 radical (unpaired) electrons. The second kappa shape index (κ2) is 72.0. The number of ether oxygens (including phenoxy) is 4. The maximum atomic E-state index is 13.1. The second-order valence-corrected chi connectivity index (χ2v) is 31.8. The Morgan fingerprint density at radius 1 is 0.276 bits per heavy atom. The molecule has 0 spiro atoms. The summed E-state index contributed by atoms with van der Waals surface area (Å²) >= 11 is 0. The summed E-state index contributed by atoms with van der Waals surface area (Å²) in [5.74, 6) is -1.29. The lowest BCUT2D eigenvalue weighted by molar-refractivity contribution is -0.161. The fraction of sp³-hybridized carbons (Fsp3) is 0.949. The van der Waals surface area contributed by atoms with Crippen LogP contribution < -0.4 is 0 Å². The number of rotatable bonds is 79. The molecule has 19 heteroatoms. The number of hydrogen-bond donors (Lipinski definition) is 3. The van der Waals surface area contributed by atoms with Gasteiger partial charge in [-0.1, -0.05) is 369 Å². The normalized spacial score (nSPS) is 13.9. The summed E-state index contributed by atoms with van der Waals surface area (Å²) in [6.45, 7) is 7.35. The van der Waals surface area contributed by atoms with E-state index in [9.17, 15) is 43.2 Å². The number of carbonyl (C=O) groups excluding carboxylic acids is 4. The van der Waals surface area contributed by atoms with Crippen molar-refractivity contribution in [2.75, 3.05) is 39.6 Å². The molecule has 0 fully saturated rings. The average molecular weight is 1440 g/mol. The van der Waals surface area contributed by atoms with Gasteiger partial charge >= 0.3 is 39.5 Å². The highest BCUT2D eigenvalue weighted by Gasteiger charge is 2.30. The molecule has 0 aromatic rings. The lowest BCUT2D eigenvalue weighted by atomic mass is 10.0. The van der Waals surface area contributed by atoms with E-state index in [4.69, 9.17) is 37.0 Å². The topological polar surface area (TPSA) is 237 Å². The first-order valence-corrected chi connectivity index (χ1v) is 44.1. The summed E-state index contributed by atoms with van der Waals surface area (Å²) in [4.78, 5) is 72.9. The molecule has 0 heterocycles. The Morgan fingerprint density at radius 3 is 0.694 bits per heavy atom. The number of unbranched alkanes of at least 4 members (excludes halogenated alkanes) is 51. The van der Waals surface area contributed by atoms with Crippen molar-refractivity contribution in [2.24, 2.45) is 5.92 Å². The minimum Gasteiger partial charge on any atom is -0.462 e. The molecule has 582 valence electrons. The average Bonchev–Trinajstić information content (AvgIpc) is 1.31. The standard InChI is InChI=1S/C79H154O17P2/c1-6-9-12-15-18-21-24-26-35-38-43-48-53-58-63-77(82)90-69-75(96-79(84)65-60-55-50-45-40-36-32-30-28-27-29-31-34-37-41-46-51-56-61-72(4)5)71-94-98(87,88)92-67-73(80)66-91-97(85,86)93-70-74(68-89-76(81)62-57-52-47-42-23-20-17-14-11-8-3)95-78(83)64-59-54-49-44-39-33-25-22-19-16-13-10-7-2/h72-75,80H,6-71H2,1-5H3,(H,85,86)(H,87,88)/t73-,74+,75+/m0/s1. The lowest BCUT2D eigenvalue weighted by Crippen LogP contribution is -2.30. The molecule has 0 aliphatic rings. The van der Waals surface area contributed by atoms with Crippen molar-refractivity contribution >= 4 is 39.5 Å². The van der Waals surface area contributed by atoms with Crippen molar-refractivity contribution < 1.29 is 80.2 Å². The highest BCUT2D eigenvalue weighted by Crippen LogP contribution is 2.45. The van der Waals surface area contributed by atoms with Gasteiger partial charge in [0.15, 0.2) is 12.2 Å². The van der Waals surface area contributed by atoms with Gasteiger partial charge in [0.05, 0.1) is 26.4 Å². The van der Waals surface area contributed by atoms with Crippen LogP contribution in [-0.4, -0.2) is 96.7 Å². The molecule has 0 saturated heterocycles. The molecule has 3 N–H and O–H groups in total. The fourth-order valence-corrected chi connectivity index (χ4v) is 13.8. The predicted octanol–water partition coefficient (Wildman–Crippen LogP) is 23.6. The fourth-order valence-electron chi connectivity index (χ4n) is 12.2. The number of aliphatic hydroxyl groups excluding tert-OH is 1. The molecular formula is C79H154O17P2. The molecular weight excluding hydrogens is 1280 g/mol. The van der Waals surface area contributed by atoms with Gasteiger partial charge < -0.3 is 33.8 Å². The zero-order valence-electron chi connectivity index (χ0n) is 63.9. The first-order valence-electron chi connectivity index (χ1n) is 41.1. The van der Waals surface area contributed by atoms with E-state index in [0.29, 0.717) is 25.7 Å². The molecule has 98 heavy (non-hydrogen) atoms. The third kappa shape index (κ3) is 72.4. The molecule has 0 rings (SSSR count). The molecule has 0 aliphatic carbocycles. The van der Waals surface area contributed by atoms with Crippen molar-refractivity contribution in [1.29, 1.82) is 0 Å². The van der Waals surface area contributed by atoms with Crippen LogP contribution in [0.3, 0.4) is 0 Å². The molecule has 0 bridgehead atoms. The maximum absolute atomic E-state index is 13.1. The van der Waals surface area contributed by atoms with Crippen LogP contribution in [0.25, 0.3) is 0 Å². The molecule has 0 saturated carbocycles. The van der Waals surface area contributed by atoms with Crippen LogP contribution in [0, 0.1) is 5.92 Å². The monoisotopic (exact) mass is 1440 g/mol. The minimum atomic E-state index is -4.96. The SMILES string of the molecule is CCCCCCCCCCCCCCCCC(=O)OC[C@H](COP(=O)(O)OC[C@@H](O)COP(=O)(O)OC[C@@H](COC(=O)CCCCCCCCCCCC)OC(=O)CCCCCCCCCCCCCCC)OC(=O)CCCCCCCCCCCCCCCCCCCCC(C)C. The van der Waals surface area contributed by atoms with Gasteiger partial charge in [0.1, 0.15) is 19.3 Å². The highest BCUT2D eigenvalue weighted by molar-refractivity contribution is 7.47. The quantitative estimate of drug-likeness (QED) is 0.0222. The van der Waals surface area contributed by atoms with E-state index in [-0.39, 0.29) is 25.7 Å². The number of phosphoric ester groups is 2. The van der Waals surface area contributed by atoms with Gasteiger partial charge in [-0.15, -0.1) is 0 Å². The predicted molar refractivity (Wildman–Crippen MR) is 400 cm³/mol. The summed E-state index contributed by atoms with van der Waals surface area (Å²) in [5.41, 5.74) is 0. The van der Waals surface area contributed by atoms with Crippen molar-refractivity contribution in [2.45, 2.75) is 438 Å². The molecule has 0 aromatic carbocycles. The third-order valence-corrected chi connectivity index (χ3v) is 20.4. The molecule has 0 aliphatic heterocycles. The van der Waals surface area contributed by atoms with Crippen LogP contribution >= 0.6 is 15.6 Å². The molecule has 0 aromatic heterocycles. The van der Waals surface area contributed by atoms with Crippen LogP contribution in [0.1, 0.15) is 420 Å². The van der Waals surface area contributed by atoms with Crippen molar-refractivity contribution in [3.05, 3.63) is 0 Å². The number of carbonyl (C=O) groups is 4. The minimum absolute atomic E-state index is 0.108. The first kappa shape index (κ1) is 96.1. The summed E-state index contributed by atoms with van der Waals surface area (Å²) < 4.78 is 68.6.